The Morgan fingerprint density at radius 3 is 3.05 bits per heavy atom. The van der Waals surface area contributed by atoms with E-state index in [0.29, 0.717) is 6.42 Å². The predicted octanol–water partition coefficient (Wildman–Crippen LogP) is 3.32. The van der Waals surface area contributed by atoms with Gasteiger partial charge >= 0.3 is 0 Å². The summed E-state index contributed by atoms with van der Waals surface area (Å²) in [6.45, 7) is 2.86. The number of aliphatic hydroxyl groups is 1. The Morgan fingerprint density at radius 2 is 2.24 bits per heavy atom. The van der Waals surface area contributed by atoms with Gasteiger partial charge in [0.25, 0.3) is 0 Å². The van der Waals surface area contributed by atoms with Gasteiger partial charge in [-0.15, -0.1) is 11.3 Å². The van der Waals surface area contributed by atoms with Crippen LogP contribution in [-0.2, 0) is 13.0 Å². The summed E-state index contributed by atoms with van der Waals surface area (Å²) >= 11 is 1.41. The van der Waals surface area contributed by atoms with Gasteiger partial charge in [0.2, 0.25) is 0 Å². The molecule has 3 rings (SSSR count). The summed E-state index contributed by atoms with van der Waals surface area (Å²) in [6, 6.07) is 6.57. The van der Waals surface area contributed by atoms with Crippen LogP contribution < -0.4 is 0 Å². The van der Waals surface area contributed by atoms with Gasteiger partial charge in [0.05, 0.1) is 6.10 Å². The largest absolute Gasteiger partial charge is 0.387 e. The second-order valence-electron chi connectivity index (χ2n) is 4.95. The van der Waals surface area contributed by atoms with Crippen molar-refractivity contribution < 1.29 is 9.50 Å². The molecule has 0 saturated carbocycles. The lowest BCUT2D eigenvalue weighted by molar-refractivity contribution is 0.177. The minimum Gasteiger partial charge on any atom is -0.387 e. The third kappa shape index (κ3) is 2.96. The molecule has 1 N–H and O–H groups in total. The van der Waals surface area contributed by atoms with Crippen LogP contribution in [0.3, 0.4) is 0 Å². The SMILES string of the molecule is CCCn1ncnc1CC(O)c1cc2ccc(F)cc2s1. The van der Waals surface area contributed by atoms with E-state index in [9.17, 15) is 9.50 Å². The summed E-state index contributed by atoms with van der Waals surface area (Å²) < 4.78 is 15.9. The third-order valence-corrected chi connectivity index (χ3v) is 4.54. The van der Waals surface area contributed by atoms with E-state index in [-0.39, 0.29) is 5.82 Å². The fraction of sp³-hybridized carbons (Fsp3) is 0.333. The van der Waals surface area contributed by atoms with E-state index in [1.165, 1.54) is 29.8 Å². The number of benzene rings is 1. The maximum atomic E-state index is 13.2. The van der Waals surface area contributed by atoms with Crippen LogP contribution in [0.15, 0.2) is 30.6 Å². The van der Waals surface area contributed by atoms with Crippen LogP contribution in [0.4, 0.5) is 4.39 Å². The van der Waals surface area contributed by atoms with Crippen LogP contribution in [0.25, 0.3) is 10.1 Å². The van der Waals surface area contributed by atoms with Crippen LogP contribution in [0.5, 0.6) is 0 Å². The molecule has 110 valence electrons. The van der Waals surface area contributed by atoms with E-state index in [2.05, 4.69) is 17.0 Å². The number of hydrogen-bond donors (Lipinski definition) is 1. The van der Waals surface area contributed by atoms with E-state index < -0.39 is 6.10 Å². The van der Waals surface area contributed by atoms with E-state index in [1.54, 1.807) is 6.07 Å². The minimum absolute atomic E-state index is 0.256. The summed E-state index contributed by atoms with van der Waals surface area (Å²) in [7, 11) is 0. The number of thiophene rings is 1. The molecule has 0 aliphatic carbocycles. The Hall–Kier alpha value is -1.79. The Kier molecular flexibility index (Phi) is 3.98. The molecule has 1 aromatic carbocycles. The van der Waals surface area contributed by atoms with Crippen LogP contribution >= 0.6 is 11.3 Å². The number of fused-ring (bicyclic) bond motifs is 1. The van der Waals surface area contributed by atoms with Gasteiger partial charge in [0, 0.05) is 22.5 Å². The van der Waals surface area contributed by atoms with Crippen molar-refractivity contribution in [3.05, 3.63) is 47.1 Å². The summed E-state index contributed by atoms with van der Waals surface area (Å²) in [6.07, 6.45) is 2.24. The van der Waals surface area contributed by atoms with Crippen LogP contribution in [0.2, 0.25) is 0 Å². The number of aryl methyl sites for hydroxylation is 1. The summed E-state index contributed by atoms with van der Waals surface area (Å²) in [5.74, 6) is 0.515. The first-order valence-electron chi connectivity index (χ1n) is 6.91. The standard InChI is InChI=1S/C15H16FN3OS/c1-2-5-19-15(17-9-18-19)8-12(20)14-6-10-3-4-11(16)7-13(10)21-14/h3-4,6-7,9,12,20H,2,5,8H2,1H3. The van der Waals surface area contributed by atoms with Gasteiger partial charge in [-0.1, -0.05) is 13.0 Å². The van der Waals surface area contributed by atoms with Gasteiger partial charge in [0.1, 0.15) is 18.0 Å². The zero-order chi connectivity index (χ0) is 14.8. The Bertz CT molecular complexity index is 752. The molecule has 0 radical (unpaired) electrons. The molecule has 0 amide bonds. The first-order valence-corrected chi connectivity index (χ1v) is 7.72. The van der Waals surface area contributed by atoms with Gasteiger partial charge < -0.3 is 5.11 Å². The highest BCUT2D eigenvalue weighted by Gasteiger charge is 2.16. The molecule has 21 heavy (non-hydrogen) atoms. The average molecular weight is 305 g/mol. The third-order valence-electron chi connectivity index (χ3n) is 3.34. The van der Waals surface area contributed by atoms with Crippen molar-refractivity contribution >= 4 is 21.4 Å². The Labute approximate surface area is 125 Å². The molecular weight excluding hydrogens is 289 g/mol. The van der Waals surface area contributed by atoms with Crippen molar-refractivity contribution in [3.8, 4) is 0 Å². The highest BCUT2D eigenvalue weighted by molar-refractivity contribution is 7.19. The number of halogens is 1. The first-order chi connectivity index (χ1) is 10.2. The van der Waals surface area contributed by atoms with Gasteiger partial charge in [-0.25, -0.2) is 9.37 Å². The second kappa shape index (κ2) is 5.91. The topological polar surface area (TPSA) is 50.9 Å². The maximum absolute atomic E-state index is 13.2. The normalized spacial score (nSPS) is 12.9. The van der Waals surface area contributed by atoms with Gasteiger partial charge in [-0.2, -0.15) is 5.10 Å². The molecule has 0 aliphatic heterocycles. The highest BCUT2D eigenvalue weighted by atomic mass is 32.1. The Morgan fingerprint density at radius 1 is 1.38 bits per heavy atom. The quantitative estimate of drug-likeness (QED) is 0.786. The van der Waals surface area contributed by atoms with Crippen molar-refractivity contribution in [1.82, 2.24) is 14.8 Å². The van der Waals surface area contributed by atoms with Gasteiger partial charge in [-0.05, 0) is 30.0 Å². The summed E-state index contributed by atoms with van der Waals surface area (Å²) in [5, 5.41) is 15.5. The van der Waals surface area contributed by atoms with E-state index in [0.717, 1.165) is 33.8 Å². The van der Waals surface area contributed by atoms with Crippen LogP contribution in [-0.4, -0.2) is 19.9 Å². The predicted molar refractivity (Wildman–Crippen MR) is 80.8 cm³/mol. The molecule has 2 heterocycles. The van der Waals surface area contributed by atoms with Crippen molar-refractivity contribution in [2.75, 3.05) is 0 Å². The average Bonchev–Trinajstić information content (AvgIpc) is 3.06. The summed E-state index contributed by atoms with van der Waals surface area (Å²) in [5.41, 5.74) is 0. The van der Waals surface area contributed by atoms with Gasteiger partial charge in [-0.3, -0.25) is 4.68 Å². The first kappa shape index (κ1) is 14.2. The second-order valence-corrected chi connectivity index (χ2v) is 6.07. The lowest BCUT2D eigenvalue weighted by atomic mass is 10.2. The number of aliphatic hydroxyl groups excluding tert-OH is 1. The van der Waals surface area contributed by atoms with E-state index in [1.807, 2.05) is 10.7 Å². The lowest BCUT2D eigenvalue weighted by Gasteiger charge is -2.09. The molecule has 0 spiro atoms. The minimum atomic E-state index is -0.648. The number of nitrogens with zero attached hydrogens (tertiary/aromatic N) is 3. The smallest absolute Gasteiger partial charge is 0.138 e. The molecule has 1 atom stereocenters. The van der Waals surface area contributed by atoms with Gasteiger partial charge in [0.15, 0.2) is 0 Å². The van der Waals surface area contributed by atoms with Crippen molar-refractivity contribution in [2.45, 2.75) is 32.4 Å². The molecule has 0 bridgehead atoms. The number of hydrogen-bond acceptors (Lipinski definition) is 4. The molecule has 6 heteroatoms. The van der Waals surface area contributed by atoms with E-state index in [4.69, 9.17) is 0 Å². The zero-order valence-corrected chi connectivity index (χ0v) is 12.5. The molecule has 3 aromatic rings. The zero-order valence-electron chi connectivity index (χ0n) is 11.7. The molecule has 0 fully saturated rings. The molecule has 4 nitrogen and oxygen atoms in total. The number of rotatable bonds is 5. The van der Waals surface area contributed by atoms with Crippen molar-refractivity contribution in [3.63, 3.8) is 0 Å². The molecule has 1 unspecified atom stereocenters. The number of aromatic nitrogens is 3. The fourth-order valence-corrected chi connectivity index (χ4v) is 3.38. The summed E-state index contributed by atoms with van der Waals surface area (Å²) in [4.78, 5) is 5.03. The molecule has 2 aromatic heterocycles. The maximum Gasteiger partial charge on any atom is 0.138 e. The molecular formula is C15H16FN3OS. The fourth-order valence-electron chi connectivity index (χ4n) is 2.31. The van der Waals surface area contributed by atoms with E-state index >= 15 is 0 Å². The van der Waals surface area contributed by atoms with Crippen molar-refractivity contribution in [2.24, 2.45) is 0 Å². The van der Waals surface area contributed by atoms with Crippen molar-refractivity contribution in [1.29, 1.82) is 0 Å². The molecule has 0 saturated heterocycles. The lowest BCUT2D eigenvalue weighted by Crippen LogP contribution is -2.09. The van der Waals surface area contributed by atoms with Crippen LogP contribution in [0, 0.1) is 5.82 Å². The monoisotopic (exact) mass is 305 g/mol. The Balaban J connectivity index is 1.83. The van der Waals surface area contributed by atoms with Crippen LogP contribution in [0.1, 0.15) is 30.2 Å². The highest BCUT2D eigenvalue weighted by Crippen LogP contribution is 2.31. The molecule has 0 aliphatic rings.